The second-order valence-corrected chi connectivity index (χ2v) is 13.8. The van der Waals surface area contributed by atoms with E-state index in [9.17, 15) is 19.8 Å². The molecule has 7 heteroatoms. The van der Waals surface area contributed by atoms with Crippen molar-refractivity contribution in [3.05, 3.63) is 12.7 Å². The molecule has 0 spiro atoms. The van der Waals surface area contributed by atoms with E-state index in [1.807, 2.05) is 13.0 Å². The van der Waals surface area contributed by atoms with Crippen LogP contribution in [0.5, 0.6) is 0 Å². The van der Waals surface area contributed by atoms with Gasteiger partial charge in [0.1, 0.15) is 11.9 Å². The maximum atomic E-state index is 13.5. The van der Waals surface area contributed by atoms with Crippen molar-refractivity contribution >= 4 is 23.5 Å². The van der Waals surface area contributed by atoms with Crippen molar-refractivity contribution < 1.29 is 24.5 Å². The van der Waals surface area contributed by atoms with Crippen LogP contribution in [-0.4, -0.2) is 57.3 Å². The molecular weight excluding hydrogens is 462 g/mol. The molecule has 198 valence electrons. The van der Waals surface area contributed by atoms with Gasteiger partial charge >= 0.3 is 5.97 Å². The predicted molar refractivity (Wildman–Crippen MR) is 139 cm³/mol. The van der Waals surface area contributed by atoms with Crippen LogP contribution in [-0.2, 0) is 14.3 Å². The Balaban J connectivity index is 1.62. The number of thioether (sulfide) groups is 1. The minimum absolute atomic E-state index is 0.0194. The molecule has 6 nitrogen and oxygen atoms in total. The lowest BCUT2D eigenvalue weighted by molar-refractivity contribution is -0.205. The van der Waals surface area contributed by atoms with Gasteiger partial charge in [-0.3, -0.25) is 9.59 Å². The quantitative estimate of drug-likeness (QED) is 0.383. The summed E-state index contributed by atoms with van der Waals surface area (Å²) >= 11 is 1.45. The van der Waals surface area contributed by atoms with Crippen LogP contribution in [0.1, 0.15) is 79.1 Å². The van der Waals surface area contributed by atoms with Gasteiger partial charge in [-0.2, -0.15) is 0 Å². The fraction of sp³-hybridized carbons (Fsp3) is 0.857. The first-order valence-corrected chi connectivity index (χ1v) is 14.5. The third kappa shape index (κ3) is 4.42. The van der Waals surface area contributed by atoms with Crippen LogP contribution in [0.15, 0.2) is 12.7 Å². The third-order valence-corrected chi connectivity index (χ3v) is 12.2. The highest BCUT2D eigenvalue weighted by Crippen LogP contribution is 2.68. The molecule has 4 N–H and O–H groups in total. The molecule has 0 heterocycles. The van der Waals surface area contributed by atoms with Gasteiger partial charge in [-0.05, 0) is 62.2 Å². The molecule has 11 atom stereocenters. The molecule has 0 saturated heterocycles. The Labute approximate surface area is 214 Å². The number of ether oxygens (including phenoxy) is 1. The number of carbonyl (C=O) groups excluding carboxylic acids is 2. The third-order valence-electron chi connectivity index (χ3n) is 10.8. The number of ketones is 1. The van der Waals surface area contributed by atoms with Crippen LogP contribution in [0.3, 0.4) is 0 Å². The Morgan fingerprint density at radius 3 is 2.60 bits per heavy atom. The van der Waals surface area contributed by atoms with E-state index in [4.69, 9.17) is 10.5 Å². The number of hydrogen-bond acceptors (Lipinski definition) is 7. The number of esters is 1. The van der Waals surface area contributed by atoms with Gasteiger partial charge in [0.25, 0.3) is 0 Å². The van der Waals surface area contributed by atoms with Gasteiger partial charge in [0.05, 0.1) is 18.0 Å². The summed E-state index contributed by atoms with van der Waals surface area (Å²) in [6.07, 6.45) is 6.01. The van der Waals surface area contributed by atoms with Gasteiger partial charge in [0, 0.05) is 34.5 Å². The molecule has 4 fully saturated rings. The average Bonchev–Trinajstić information content (AvgIpc) is 3.17. The number of hydrogen-bond donors (Lipinski definition) is 3. The van der Waals surface area contributed by atoms with Gasteiger partial charge in [-0.25, -0.2) is 0 Å². The number of Topliss-reactive ketones (excluding diaryl/α,β-unsaturated/α-hetero) is 1. The van der Waals surface area contributed by atoms with Crippen LogP contribution in [0.2, 0.25) is 0 Å². The van der Waals surface area contributed by atoms with Gasteiger partial charge < -0.3 is 20.7 Å². The van der Waals surface area contributed by atoms with Crippen LogP contribution in [0.4, 0.5) is 0 Å². The molecule has 0 amide bonds. The Morgan fingerprint density at radius 1 is 1.23 bits per heavy atom. The largest absolute Gasteiger partial charge is 0.461 e. The summed E-state index contributed by atoms with van der Waals surface area (Å²) in [6.45, 7) is 12.5. The number of aliphatic hydroxyl groups is 2. The molecule has 0 aromatic heterocycles. The Kier molecular flexibility index (Phi) is 7.58. The fourth-order valence-corrected chi connectivity index (χ4v) is 9.27. The summed E-state index contributed by atoms with van der Waals surface area (Å²) in [7, 11) is 0. The van der Waals surface area contributed by atoms with E-state index < -0.39 is 29.1 Å². The molecule has 2 bridgehead atoms. The first-order chi connectivity index (χ1) is 16.4. The Hall–Kier alpha value is -0.890. The van der Waals surface area contributed by atoms with Crippen molar-refractivity contribution in [2.24, 2.45) is 39.7 Å². The van der Waals surface area contributed by atoms with E-state index in [0.717, 1.165) is 32.1 Å². The molecule has 0 aromatic rings. The Bertz CT molecular complexity index is 851. The van der Waals surface area contributed by atoms with Crippen molar-refractivity contribution in [3.63, 3.8) is 0 Å². The summed E-state index contributed by atoms with van der Waals surface area (Å²) in [5, 5.41) is 22.0. The van der Waals surface area contributed by atoms with Crippen LogP contribution >= 0.6 is 11.8 Å². The zero-order valence-corrected chi connectivity index (χ0v) is 22.7. The highest BCUT2D eigenvalue weighted by atomic mass is 32.2. The first kappa shape index (κ1) is 27.2. The zero-order chi connectivity index (χ0) is 25.8. The van der Waals surface area contributed by atoms with Gasteiger partial charge in [-0.1, -0.05) is 33.8 Å². The van der Waals surface area contributed by atoms with Crippen molar-refractivity contribution in [2.75, 3.05) is 5.75 Å². The van der Waals surface area contributed by atoms with Gasteiger partial charge in [0.15, 0.2) is 0 Å². The van der Waals surface area contributed by atoms with E-state index in [1.54, 1.807) is 0 Å². The fourth-order valence-electron chi connectivity index (χ4n) is 8.21. The van der Waals surface area contributed by atoms with Crippen molar-refractivity contribution in [2.45, 2.75) is 109 Å². The van der Waals surface area contributed by atoms with Crippen LogP contribution in [0, 0.1) is 34.0 Å². The average molecular weight is 508 g/mol. The molecule has 0 radical (unpaired) electrons. The summed E-state index contributed by atoms with van der Waals surface area (Å²) in [6, 6.07) is 0.0195. The zero-order valence-electron chi connectivity index (χ0n) is 21.9. The smallest absolute Gasteiger partial charge is 0.316 e. The lowest BCUT2D eigenvalue weighted by Crippen LogP contribution is -2.63. The lowest BCUT2D eigenvalue weighted by Gasteiger charge is -2.61. The maximum Gasteiger partial charge on any atom is 0.316 e. The minimum atomic E-state index is -0.663. The molecule has 3 unspecified atom stereocenters. The molecule has 35 heavy (non-hydrogen) atoms. The highest BCUT2D eigenvalue weighted by Gasteiger charge is 2.68. The molecule has 0 aromatic carbocycles. The Morgan fingerprint density at radius 2 is 1.94 bits per heavy atom. The van der Waals surface area contributed by atoms with Crippen molar-refractivity contribution in [1.82, 2.24) is 0 Å². The van der Waals surface area contributed by atoms with E-state index in [-0.39, 0.29) is 52.0 Å². The number of rotatable bonds is 5. The molecule has 4 aliphatic carbocycles. The lowest BCUT2D eigenvalue weighted by atomic mass is 9.44. The maximum absolute atomic E-state index is 13.5. The molecular formula is C28H45NO5S. The summed E-state index contributed by atoms with van der Waals surface area (Å²) in [5.74, 6) is 0.0613. The second-order valence-electron chi connectivity index (χ2n) is 12.6. The SMILES string of the molecule is C=C[C@@]1(C)C[C@@H](OC(=O)CSC2CCC(N)CC2O)[C@]2(C)[C@H](C)CC[C@]3(CCC(=O)[C@H]32)[C@@H](C)[C@@H]1O. The summed E-state index contributed by atoms with van der Waals surface area (Å²) in [4.78, 5) is 26.7. The number of aliphatic hydroxyl groups excluding tert-OH is 2. The monoisotopic (exact) mass is 507 g/mol. The molecule has 4 rings (SSSR count). The van der Waals surface area contributed by atoms with Gasteiger partial charge in [-0.15, -0.1) is 18.3 Å². The number of nitrogens with two attached hydrogens (primary N) is 1. The van der Waals surface area contributed by atoms with Crippen LogP contribution < -0.4 is 5.73 Å². The van der Waals surface area contributed by atoms with E-state index in [1.165, 1.54) is 11.8 Å². The molecule has 4 aliphatic rings. The first-order valence-electron chi connectivity index (χ1n) is 13.5. The van der Waals surface area contributed by atoms with Crippen molar-refractivity contribution in [1.29, 1.82) is 0 Å². The van der Waals surface area contributed by atoms with E-state index >= 15 is 0 Å². The minimum Gasteiger partial charge on any atom is -0.461 e. The second kappa shape index (κ2) is 9.77. The van der Waals surface area contributed by atoms with E-state index in [2.05, 4.69) is 27.4 Å². The predicted octanol–water partition coefficient (Wildman–Crippen LogP) is 3.87. The topological polar surface area (TPSA) is 110 Å². The summed E-state index contributed by atoms with van der Waals surface area (Å²) in [5.41, 5.74) is 4.57. The van der Waals surface area contributed by atoms with E-state index in [0.29, 0.717) is 19.3 Å². The number of carbonyl (C=O) groups is 2. The van der Waals surface area contributed by atoms with Crippen LogP contribution in [0.25, 0.3) is 0 Å². The highest BCUT2D eigenvalue weighted by molar-refractivity contribution is 8.00. The summed E-state index contributed by atoms with van der Waals surface area (Å²) < 4.78 is 6.29. The standard InChI is InChI=1S/C28H45NO5S/c1-6-26(4)14-22(34-23(32)15-35-21-8-7-18(29)13-20(21)31)27(5)16(2)9-11-28(17(3)25(26)33)12-10-19(30)24(27)28/h6,16-18,20-22,24-25,31,33H,1,7-15,29H2,2-5H3/t16-,17+,18?,20?,21?,22-,24+,25+,26+,27+,28+/m1/s1. The van der Waals surface area contributed by atoms with Crippen molar-refractivity contribution in [3.8, 4) is 0 Å². The normalized spacial score (nSPS) is 50.1. The molecule has 4 saturated carbocycles. The van der Waals surface area contributed by atoms with Gasteiger partial charge in [0.2, 0.25) is 0 Å². The molecule has 0 aliphatic heterocycles.